The summed E-state index contributed by atoms with van der Waals surface area (Å²) >= 11 is 6.11. The predicted molar refractivity (Wildman–Crippen MR) is 73.3 cm³/mol. The number of aromatic nitrogens is 2. The van der Waals surface area contributed by atoms with Crippen LogP contribution in [0.15, 0.2) is 30.6 Å². The number of ether oxygens (including phenoxy) is 2. The summed E-state index contributed by atoms with van der Waals surface area (Å²) < 4.78 is 26.8. The molecule has 0 bridgehead atoms. The van der Waals surface area contributed by atoms with Crippen LogP contribution in [0.1, 0.15) is 6.04 Å². The molecule has 20 heavy (non-hydrogen) atoms. The zero-order valence-electron chi connectivity index (χ0n) is 10.9. The van der Waals surface area contributed by atoms with Gasteiger partial charge in [0.05, 0.1) is 29.8 Å². The smallest absolute Gasteiger partial charge is 0.144 e. The van der Waals surface area contributed by atoms with Crippen LogP contribution in [0, 0.1) is 5.82 Å². The molecule has 1 aliphatic rings. The Balaban J connectivity index is 2.07. The third kappa shape index (κ3) is 2.22. The van der Waals surface area contributed by atoms with Crippen LogP contribution >= 0.6 is 11.6 Å². The molecule has 0 amide bonds. The largest absolute Gasteiger partial charge is 0.377 e. The highest BCUT2D eigenvalue weighted by atomic mass is 35.5. The quantitative estimate of drug-likeness (QED) is 0.874. The minimum atomic E-state index is -0.391. The fourth-order valence-electron chi connectivity index (χ4n) is 2.49. The Labute approximate surface area is 121 Å². The summed E-state index contributed by atoms with van der Waals surface area (Å²) in [6.45, 7) is 1.03. The number of hydrogen-bond acceptors (Lipinski definition) is 3. The van der Waals surface area contributed by atoms with E-state index in [9.17, 15) is 4.39 Å². The van der Waals surface area contributed by atoms with E-state index in [0.717, 1.165) is 0 Å². The number of imidazole rings is 1. The van der Waals surface area contributed by atoms with Crippen LogP contribution in [0.2, 0.25) is 5.02 Å². The molecule has 0 N–H and O–H groups in total. The van der Waals surface area contributed by atoms with E-state index in [4.69, 9.17) is 21.1 Å². The third-order valence-corrected chi connectivity index (χ3v) is 3.83. The summed E-state index contributed by atoms with van der Waals surface area (Å²) in [5.41, 5.74) is 0.306. The average molecular weight is 297 g/mol. The maximum Gasteiger partial charge on any atom is 0.144 e. The second-order valence-electron chi connectivity index (χ2n) is 4.63. The van der Waals surface area contributed by atoms with Gasteiger partial charge in [-0.1, -0.05) is 17.7 Å². The number of nitrogens with zero attached hydrogens (tertiary/aromatic N) is 2. The molecule has 0 spiro atoms. The van der Waals surface area contributed by atoms with Crippen molar-refractivity contribution in [1.29, 1.82) is 0 Å². The van der Waals surface area contributed by atoms with E-state index in [-0.39, 0.29) is 12.1 Å². The van der Waals surface area contributed by atoms with Gasteiger partial charge in [0, 0.05) is 19.5 Å². The van der Waals surface area contributed by atoms with Gasteiger partial charge in [-0.05, 0) is 12.1 Å². The van der Waals surface area contributed by atoms with Gasteiger partial charge in [0.25, 0.3) is 0 Å². The van der Waals surface area contributed by atoms with Crippen molar-refractivity contribution in [3.63, 3.8) is 0 Å². The Bertz CT molecular complexity index is 597. The first-order valence-corrected chi connectivity index (χ1v) is 6.68. The lowest BCUT2D eigenvalue weighted by molar-refractivity contribution is 0.0688. The molecule has 0 saturated carbocycles. The van der Waals surface area contributed by atoms with Gasteiger partial charge in [-0.25, -0.2) is 9.37 Å². The first-order chi connectivity index (χ1) is 9.72. The Morgan fingerprint density at radius 3 is 3.05 bits per heavy atom. The number of rotatable bonds is 3. The SMILES string of the molecule is CO[C@H]1COC[C@@H]1n1ccnc1-c1c(F)cccc1Cl. The molecule has 1 aromatic carbocycles. The Kier molecular flexibility index (Phi) is 3.74. The lowest BCUT2D eigenvalue weighted by Crippen LogP contribution is -2.24. The maximum absolute atomic E-state index is 14.1. The highest BCUT2D eigenvalue weighted by Gasteiger charge is 2.32. The van der Waals surface area contributed by atoms with Crippen LogP contribution < -0.4 is 0 Å². The van der Waals surface area contributed by atoms with E-state index < -0.39 is 5.82 Å². The number of halogens is 2. The van der Waals surface area contributed by atoms with E-state index in [2.05, 4.69) is 4.98 Å². The van der Waals surface area contributed by atoms with E-state index in [1.54, 1.807) is 31.6 Å². The van der Waals surface area contributed by atoms with Crippen LogP contribution in [0.5, 0.6) is 0 Å². The van der Waals surface area contributed by atoms with E-state index in [1.807, 2.05) is 4.57 Å². The summed E-state index contributed by atoms with van der Waals surface area (Å²) in [5, 5.41) is 0.338. The first kappa shape index (κ1) is 13.5. The third-order valence-electron chi connectivity index (χ3n) is 3.51. The van der Waals surface area contributed by atoms with Crippen molar-refractivity contribution in [2.24, 2.45) is 0 Å². The molecule has 0 aliphatic carbocycles. The highest BCUT2D eigenvalue weighted by molar-refractivity contribution is 6.33. The Morgan fingerprint density at radius 2 is 2.30 bits per heavy atom. The minimum Gasteiger partial charge on any atom is -0.377 e. The first-order valence-electron chi connectivity index (χ1n) is 6.30. The summed E-state index contributed by atoms with van der Waals surface area (Å²) in [6, 6.07) is 4.57. The molecule has 0 unspecified atom stereocenters. The zero-order chi connectivity index (χ0) is 14.1. The average Bonchev–Trinajstić information content (AvgIpc) is 3.06. The molecule has 3 rings (SSSR count). The van der Waals surface area contributed by atoms with E-state index in [1.165, 1.54) is 6.07 Å². The molecule has 2 heterocycles. The van der Waals surface area contributed by atoms with Gasteiger partial charge in [0.2, 0.25) is 0 Å². The van der Waals surface area contributed by atoms with Crippen LogP contribution in [0.3, 0.4) is 0 Å². The molecular weight excluding hydrogens is 283 g/mol. The summed E-state index contributed by atoms with van der Waals surface area (Å²) in [4.78, 5) is 4.25. The molecule has 0 radical (unpaired) electrons. The van der Waals surface area contributed by atoms with Crippen molar-refractivity contribution in [1.82, 2.24) is 9.55 Å². The monoisotopic (exact) mass is 296 g/mol. The van der Waals surface area contributed by atoms with Crippen molar-refractivity contribution in [3.8, 4) is 11.4 Å². The predicted octanol–water partition coefficient (Wildman–Crippen LogP) is 2.93. The van der Waals surface area contributed by atoms with Crippen molar-refractivity contribution < 1.29 is 13.9 Å². The molecule has 1 aliphatic heterocycles. The molecule has 6 heteroatoms. The number of methoxy groups -OCH3 is 1. The van der Waals surface area contributed by atoms with Gasteiger partial charge in [0.1, 0.15) is 17.7 Å². The van der Waals surface area contributed by atoms with Gasteiger partial charge >= 0.3 is 0 Å². The van der Waals surface area contributed by atoms with Gasteiger partial charge in [0.15, 0.2) is 0 Å². The number of benzene rings is 1. The van der Waals surface area contributed by atoms with Crippen LogP contribution in [0.4, 0.5) is 4.39 Å². The van der Waals surface area contributed by atoms with Crippen molar-refractivity contribution in [2.75, 3.05) is 20.3 Å². The fraction of sp³-hybridized carbons (Fsp3) is 0.357. The minimum absolute atomic E-state index is 0.0341. The molecule has 2 atom stereocenters. The van der Waals surface area contributed by atoms with E-state index >= 15 is 0 Å². The van der Waals surface area contributed by atoms with Crippen molar-refractivity contribution in [2.45, 2.75) is 12.1 Å². The normalized spacial score (nSPS) is 22.4. The lowest BCUT2D eigenvalue weighted by atomic mass is 10.1. The second kappa shape index (κ2) is 5.52. The standard InChI is InChI=1S/C14H14ClFN2O2/c1-19-12-8-20-7-11(12)18-6-5-17-14(18)13-9(15)3-2-4-10(13)16/h2-6,11-12H,7-8H2,1H3/t11-,12-/m0/s1. The zero-order valence-corrected chi connectivity index (χ0v) is 11.7. The molecule has 4 nitrogen and oxygen atoms in total. The van der Waals surface area contributed by atoms with Crippen LogP contribution in [-0.2, 0) is 9.47 Å². The van der Waals surface area contributed by atoms with Crippen molar-refractivity contribution in [3.05, 3.63) is 41.4 Å². The number of hydrogen-bond donors (Lipinski definition) is 0. The summed E-state index contributed by atoms with van der Waals surface area (Å²) in [6.07, 6.45) is 3.35. The molecule has 1 saturated heterocycles. The highest BCUT2D eigenvalue weighted by Crippen LogP contribution is 2.33. The lowest BCUT2D eigenvalue weighted by Gasteiger charge is -2.20. The summed E-state index contributed by atoms with van der Waals surface area (Å²) in [5.74, 6) is 0.100. The van der Waals surface area contributed by atoms with Gasteiger partial charge in [-0.3, -0.25) is 0 Å². The fourth-order valence-corrected chi connectivity index (χ4v) is 2.74. The molecular formula is C14H14ClFN2O2. The van der Waals surface area contributed by atoms with Crippen molar-refractivity contribution >= 4 is 11.6 Å². The Hall–Kier alpha value is -1.43. The van der Waals surface area contributed by atoms with Crippen LogP contribution in [0.25, 0.3) is 11.4 Å². The van der Waals surface area contributed by atoms with Crippen LogP contribution in [-0.4, -0.2) is 36.0 Å². The maximum atomic E-state index is 14.1. The van der Waals surface area contributed by atoms with Gasteiger partial charge in [-0.15, -0.1) is 0 Å². The summed E-state index contributed by atoms with van der Waals surface area (Å²) in [7, 11) is 1.64. The van der Waals surface area contributed by atoms with E-state index in [0.29, 0.717) is 29.6 Å². The van der Waals surface area contributed by atoms with Gasteiger partial charge in [-0.2, -0.15) is 0 Å². The molecule has 106 valence electrons. The molecule has 1 fully saturated rings. The molecule has 1 aromatic heterocycles. The topological polar surface area (TPSA) is 36.3 Å². The Morgan fingerprint density at radius 1 is 1.45 bits per heavy atom. The second-order valence-corrected chi connectivity index (χ2v) is 5.04. The molecule has 2 aromatic rings. The van der Waals surface area contributed by atoms with Gasteiger partial charge < -0.3 is 14.0 Å².